The number of allylic oxidation sites excluding steroid dienone is 1. The number of nitrogens with zero attached hydrogens (tertiary/aromatic N) is 1. The second kappa shape index (κ2) is 7.80. The average molecular weight is 329 g/mol. The molecule has 1 heterocycles. The molecule has 4 heteroatoms. The van der Waals surface area contributed by atoms with Crippen molar-refractivity contribution < 1.29 is 13.9 Å². The summed E-state index contributed by atoms with van der Waals surface area (Å²) >= 11 is 0. The van der Waals surface area contributed by atoms with Crippen LogP contribution in [0, 0.1) is 11.3 Å². The van der Waals surface area contributed by atoms with Crippen molar-refractivity contribution in [2.75, 3.05) is 0 Å². The Balaban J connectivity index is 1.84. The zero-order valence-corrected chi connectivity index (χ0v) is 13.4. The van der Waals surface area contributed by atoms with Gasteiger partial charge in [-0.3, -0.25) is 4.79 Å². The van der Waals surface area contributed by atoms with E-state index < -0.39 is 5.78 Å². The van der Waals surface area contributed by atoms with Gasteiger partial charge in [0.2, 0.25) is 5.78 Å². The Hall–Kier alpha value is -3.58. The van der Waals surface area contributed by atoms with Crippen LogP contribution in [0.4, 0.5) is 0 Å². The molecule has 0 bridgehead atoms. The normalized spacial score (nSPS) is 10.9. The molecule has 0 saturated carbocycles. The molecule has 2 aromatic carbocycles. The van der Waals surface area contributed by atoms with Gasteiger partial charge >= 0.3 is 0 Å². The summed E-state index contributed by atoms with van der Waals surface area (Å²) in [5.74, 6) is 0.284. The summed E-state index contributed by atoms with van der Waals surface area (Å²) in [6.07, 6.45) is 2.92. The molecule has 0 unspecified atom stereocenters. The quantitative estimate of drug-likeness (QED) is 0.375. The van der Waals surface area contributed by atoms with Crippen LogP contribution in [-0.2, 0) is 6.61 Å². The van der Waals surface area contributed by atoms with Crippen LogP contribution < -0.4 is 4.74 Å². The van der Waals surface area contributed by atoms with Gasteiger partial charge in [-0.25, -0.2) is 0 Å². The van der Waals surface area contributed by atoms with Crippen LogP contribution >= 0.6 is 0 Å². The van der Waals surface area contributed by atoms with E-state index in [1.54, 1.807) is 18.2 Å². The molecule has 0 spiro atoms. The third kappa shape index (κ3) is 4.04. The molecule has 3 rings (SSSR count). The molecule has 3 aromatic rings. The second-order valence-corrected chi connectivity index (χ2v) is 5.29. The molecule has 25 heavy (non-hydrogen) atoms. The lowest BCUT2D eigenvalue weighted by atomic mass is 10.1. The maximum atomic E-state index is 12.3. The van der Waals surface area contributed by atoms with Gasteiger partial charge < -0.3 is 9.15 Å². The first kappa shape index (κ1) is 16.3. The second-order valence-electron chi connectivity index (χ2n) is 5.29. The van der Waals surface area contributed by atoms with E-state index in [2.05, 4.69) is 0 Å². The number of ketones is 1. The molecule has 0 saturated heterocycles. The van der Waals surface area contributed by atoms with Crippen molar-refractivity contribution in [3.63, 3.8) is 0 Å². The van der Waals surface area contributed by atoms with Gasteiger partial charge in [0.05, 0.1) is 6.26 Å². The summed E-state index contributed by atoms with van der Waals surface area (Å²) < 4.78 is 10.9. The van der Waals surface area contributed by atoms with Gasteiger partial charge in [0.1, 0.15) is 24.0 Å². The largest absolute Gasteiger partial charge is 0.488 e. The Morgan fingerprint density at radius 1 is 1.04 bits per heavy atom. The monoisotopic (exact) mass is 329 g/mol. The van der Waals surface area contributed by atoms with Crippen LogP contribution in [0.15, 0.2) is 83.0 Å². The topological polar surface area (TPSA) is 63.2 Å². The van der Waals surface area contributed by atoms with Gasteiger partial charge in [-0.2, -0.15) is 5.26 Å². The molecule has 0 fully saturated rings. The Kier molecular flexibility index (Phi) is 5.08. The molecular weight excluding hydrogens is 314 g/mol. The number of Topliss-reactive ketones (excluding diaryl/α,β-unsaturated/α-hetero) is 1. The highest BCUT2D eigenvalue weighted by molar-refractivity contribution is 6.12. The van der Waals surface area contributed by atoms with Crippen molar-refractivity contribution in [1.82, 2.24) is 0 Å². The summed E-state index contributed by atoms with van der Waals surface area (Å²) in [5.41, 5.74) is 1.69. The van der Waals surface area contributed by atoms with E-state index in [1.807, 2.05) is 48.5 Å². The first-order chi connectivity index (χ1) is 12.3. The summed E-state index contributed by atoms with van der Waals surface area (Å²) in [5, 5.41) is 9.33. The van der Waals surface area contributed by atoms with E-state index in [0.29, 0.717) is 17.9 Å². The van der Waals surface area contributed by atoms with Crippen molar-refractivity contribution in [1.29, 1.82) is 5.26 Å². The van der Waals surface area contributed by atoms with Gasteiger partial charge in [-0.1, -0.05) is 48.5 Å². The van der Waals surface area contributed by atoms with Gasteiger partial charge in [0, 0.05) is 5.56 Å². The van der Waals surface area contributed by atoms with Crippen LogP contribution in [0.3, 0.4) is 0 Å². The number of carbonyl (C=O) groups is 1. The van der Waals surface area contributed by atoms with Crippen LogP contribution in [0.5, 0.6) is 5.75 Å². The number of nitriles is 1. The lowest BCUT2D eigenvalue weighted by molar-refractivity contribution is 0.101. The predicted octanol–water partition coefficient (Wildman–Crippen LogP) is 4.65. The third-order valence-corrected chi connectivity index (χ3v) is 3.57. The smallest absolute Gasteiger partial charge is 0.238 e. The minimum absolute atomic E-state index is 0.00860. The molecule has 0 N–H and O–H groups in total. The van der Waals surface area contributed by atoms with E-state index in [1.165, 1.54) is 18.4 Å². The number of hydrogen-bond donors (Lipinski definition) is 0. The summed E-state index contributed by atoms with van der Waals surface area (Å²) in [4.78, 5) is 12.3. The number of hydrogen-bond acceptors (Lipinski definition) is 4. The first-order valence-electron chi connectivity index (χ1n) is 7.73. The van der Waals surface area contributed by atoms with Crippen LogP contribution in [0.1, 0.15) is 21.7 Å². The molecule has 122 valence electrons. The highest BCUT2D eigenvalue weighted by Crippen LogP contribution is 2.23. The third-order valence-electron chi connectivity index (χ3n) is 3.57. The zero-order chi connectivity index (χ0) is 17.5. The van der Waals surface area contributed by atoms with Crippen LogP contribution in [-0.4, -0.2) is 5.78 Å². The minimum atomic E-state index is -0.453. The SMILES string of the molecule is N#C/C(=C\c1ccccc1OCc1ccccc1)C(=O)c1ccco1. The van der Waals surface area contributed by atoms with Crippen LogP contribution in [0.2, 0.25) is 0 Å². The Bertz CT molecular complexity index is 919. The maximum absolute atomic E-state index is 12.3. The fourth-order valence-corrected chi connectivity index (χ4v) is 2.31. The van der Waals surface area contributed by atoms with Crippen molar-refractivity contribution >= 4 is 11.9 Å². The fraction of sp³-hybridized carbons (Fsp3) is 0.0476. The molecule has 0 aliphatic rings. The van der Waals surface area contributed by atoms with E-state index in [0.717, 1.165) is 5.56 Å². The molecule has 0 aliphatic carbocycles. The number of furan rings is 1. The summed E-state index contributed by atoms with van der Waals surface area (Å²) in [6.45, 7) is 0.402. The number of carbonyl (C=O) groups excluding carboxylic acids is 1. The number of ether oxygens (including phenoxy) is 1. The Morgan fingerprint density at radius 2 is 1.80 bits per heavy atom. The summed E-state index contributed by atoms with van der Waals surface area (Å²) in [7, 11) is 0. The number of para-hydroxylation sites is 1. The minimum Gasteiger partial charge on any atom is -0.488 e. The highest BCUT2D eigenvalue weighted by Gasteiger charge is 2.15. The summed E-state index contributed by atoms with van der Waals surface area (Å²) in [6, 6.07) is 22.1. The zero-order valence-electron chi connectivity index (χ0n) is 13.4. The molecule has 0 aliphatic heterocycles. The van der Waals surface area contributed by atoms with Gasteiger partial charge in [0.25, 0.3) is 0 Å². The molecule has 0 amide bonds. The van der Waals surface area contributed by atoms with Gasteiger partial charge in [-0.15, -0.1) is 0 Å². The number of rotatable bonds is 6. The van der Waals surface area contributed by atoms with Gasteiger partial charge in [-0.05, 0) is 29.8 Å². The van der Waals surface area contributed by atoms with E-state index in [9.17, 15) is 10.1 Å². The molecule has 4 nitrogen and oxygen atoms in total. The molecular formula is C21H15NO3. The maximum Gasteiger partial charge on any atom is 0.238 e. The lowest BCUT2D eigenvalue weighted by Gasteiger charge is -2.09. The van der Waals surface area contributed by atoms with E-state index >= 15 is 0 Å². The van der Waals surface area contributed by atoms with Crippen molar-refractivity contribution in [3.05, 3.63) is 95.5 Å². The molecule has 0 radical (unpaired) electrons. The van der Waals surface area contributed by atoms with Crippen molar-refractivity contribution in [2.24, 2.45) is 0 Å². The highest BCUT2D eigenvalue weighted by atomic mass is 16.5. The Morgan fingerprint density at radius 3 is 2.52 bits per heavy atom. The standard InChI is InChI=1S/C21H15NO3/c22-14-18(21(23)20-11-6-12-24-20)13-17-9-4-5-10-19(17)25-15-16-7-2-1-3-8-16/h1-13H,15H2/b18-13+. The van der Waals surface area contributed by atoms with Gasteiger partial charge in [0.15, 0.2) is 5.76 Å². The fourth-order valence-electron chi connectivity index (χ4n) is 2.31. The molecule has 1 aromatic heterocycles. The van der Waals surface area contributed by atoms with E-state index in [-0.39, 0.29) is 11.3 Å². The predicted molar refractivity (Wildman–Crippen MR) is 93.8 cm³/mol. The Labute approximate surface area is 145 Å². The van der Waals surface area contributed by atoms with Crippen molar-refractivity contribution in [2.45, 2.75) is 6.61 Å². The van der Waals surface area contributed by atoms with Crippen LogP contribution in [0.25, 0.3) is 6.08 Å². The van der Waals surface area contributed by atoms with Crippen molar-refractivity contribution in [3.8, 4) is 11.8 Å². The first-order valence-corrected chi connectivity index (χ1v) is 7.73. The lowest BCUT2D eigenvalue weighted by Crippen LogP contribution is -2.01. The van der Waals surface area contributed by atoms with E-state index in [4.69, 9.17) is 9.15 Å². The average Bonchev–Trinajstić information content (AvgIpc) is 3.20. The molecule has 0 atom stereocenters. The number of benzene rings is 2.